The van der Waals surface area contributed by atoms with Crippen molar-refractivity contribution in [1.82, 2.24) is 9.97 Å². The fourth-order valence-electron chi connectivity index (χ4n) is 3.52. The molecule has 0 aliphatic heterocycles. The number of hydrogen-bond donors (Lipinski definition) is 1. The van der Waals surface area contributed by atoms with E-state index < -0.39 is 0 Å². The van der Waals surface area contributed by atoms with E-state index in [0.717, 1.165) is 41.1 Å². The van der Waals surface area contributed by atoms with Gasteiger partial charge in [-0.05, 0) is 24.3 Å². The lowest BCUT2D eigenvalue weighted by Crippen LogP contribution is -2.18. The predicted molar refractivity (Wildman–Crippen MR) is 108 cm³/mol. The maximum Gasteiger partial charge on any atom is 0.225 e. The van der Waals surface area contributed by atoms with Crippen LogP contribution in [0.2, 0.25) is 0 Å². The fourth-order valence-corrected chi connectivity index (χ4v) is 3.52. The second-order valence-corrected chi connectivity index (χ2v) is 7.39. The molecule has 1 aliphatic rings. The van der Waals surface area contributed by atoms with Crippen molar-refractivity contribution in [2.75, 3.05) is 5.32 Å². The largest absolute Gasteiger partial charge is 0.309 e. The van der Waals surface area contributed by atoms with E-state index in [9.17, 15) is 4.79 Å². The van der Waals surface area contributed by atoms with Crippen LogP contribution in [0.1, 0.15) is 31.5 Å². The second-order valence-electron chi connectivity index (χ2n) is 7.39. The van der Waals surface area contributed by atoms with Gasteiger partial charge < -0.3 is 5.32 Å². The maximum absolute atomic E-state index is 12.4. The van der Waals surface area contributed by atoms with Gasteiger partial charge in [-0.1, -0.05) is 68.4 Å². The number of amides is 1. The topological polar surface area (TPSA) is 54.9 Å². The van der Waals surface area contributed by atoms with Crippen molar-refractivity contribution in [3.8, 4) is 22.5 Å². The van der Waals surface area contributed by atoms with Crippen LogP contribution >= 0.6 is 0 Å². The molecule has 0 saturated heterocycles. The SMILES string of the molecule is CC(C)CC(=O)Nc1nc2c(nc1-c1ccccc1)-c1ccccc1CC2. The summed E-state index contributed by atoms with van der Waals surface area (Å²) in [6.45, 7) is 4.07. The normalized spacial score (nSPS) is 12.4. The van der Waals surface area contributed by atoms with Crippen LogP contribution in [0.5, 0.6) is 0 Å². The van der Waals surface area contributed by atoms with E-state index in [-0.39, 0.29) is 5.91 Å². The van der Waals surface area contributed by atoms with E-state index in [4.69, 9.17) is 9.97 Å². The summed E-state index contributed by atoms with van der Waals surface area (Å²) < 4.78 is 0. The monoisotopic (exact) mass is 357 g/mol. The highest BCUT2D eigenvalue weighted by Gasteiger charge is 2.22. The first-order valence-electron chi connectivity index (χ1n) is 9.46. The number of nitrogens with zero attached hydrogens (tertiary/aromatic N) is 2. The van der Waals surface area contributed by atoms with Crippen LogP contribution in [0.3, 0.4) is 0 Å². The summed E-state index contributed by atoms with van der Waals surface area (Å²) in [4.78, 5) is 22.2. The van der Waals surface area contributed by atoms with Crippen molar-refractivity contribution in [3.05, 3.63) is 65.9 Å². The van der Waals surface area contributed by atoms with Crippen LogP contribution in [-0.4, -0.2) is 15.9 Å². The lowest BCUT2D eigenvalue weighted by Gasteiger charge is -2.21. The molecule has 1 aromatic heterocycles. The summed E-state index contributed by atoms with van der Waals surface area (Å²) in [5.74, 6) is 0.834. The first-order chi connectivity index (χ1) is 13.1. The van der Waals surface area contributed by atoms with Gasteiger partial charge in [-0.3, -0.25) is 4.79 Å². The maximum atomic E-state index is 12.4. The molecule has 0 atom stereocenters. The van der Waals surface area contributed by atoms with Gasteiger partial charge in [0, 0.05) is 17.5 Å². The van der Waals surface area contributed by atoms with Crippen molar-refractivity contribution in [3.63, 3.8) is 0 Å². The van der Waals surface area contributed by atoms with E-state index >= 15 is 0 Å². The van der Waals surface area contributed by atoms with Crippen LogP contribution in [0, 0.1) is 5.92 Å². The van der Waals surface area contributed by atoms with Gasteiger partial charge >= 0.3 is 0 Å². The molecule has 0 bridgehead atoms. The standard InChI is InChI=1S/C23H23N3O/c1-15(2)14-20(27)25-23-21(17-9-4-3-5-10-17)26-22-18-11-7-6-8-16(18)12-13-19(22)24-23/h3-11,15H,12-14H2,1-2H3,(H,24,25,27). The number of anilines is 1. The van der Waals surface area contributed by atoms with Crippen molar-refractivity contribution in [2.45, 2.75) is 33.1 Å². The molecule has 1 heterocycles. The first kappa shape index (κ1) is 17.4. The lowest BCUT2D eigenvalue weighted by molar-refractivity contribution is -0.116. The third kappa shape index (κ3) is 3.61. The van der Waals surface area contributed by atoms with Crippen molar-refractivity contribution in [1.29, 1.82) is 0 Å². The Balaban J connectivity index is 1.83. The molecule has 1 amide bonds. The molecule has 0 unspecified atom stereocenters. The van der Waals surface area contributed by atoms with Gasteiger partial charge in [0.25, 0.3) is 0 Å². The summed E-state index contributed by atoms with van der Waals surface area (Å²) in [6.07, 6.45) is 2.25. The number of carbonyl (C=O) groups is 1. The number of nitrogens with one attached hydrogen (secondary N) is 1. The molecule has 0 radical (unpaired) electrons. The van der Waals surface area contributed by atoms with Crippen LogP contribution in [0.15, 0.2) is 54.6 Å². The number of aryl methyl sites for hydroxylation is 2. The average molecular weight is 357 g/mol. The molecule has 0 fully saturated rings. The number of rotatable bonds is 4. The van der Waals surface area contributed by atoms with E-state index in [1.165, 1.54) is 5.56 Å². The second kappa shape index (κ2) is 7.31. The van der Waals surface area contributed by atoms with Gasteiger partial charge in [0.15, 0.2) is 5.82 Å². The van der Waals surface area contributed by atoms with Gasteiger partial charge in [-0.2, -0.15) is 0 Å². The smallest absolute Gasteiger partial charge is 0.225 e. The zero-order valence-corrected chi connectivity index (χ0v) is 15.7. The minimum atomic E-state index is -0.0207. The van der Waals surface area contributed by atoms with Crippen LogP contribution in [-0.2, 0) is 17.6 Å². The molecule has 0 saturated carbocycles. The molecule has 4 rings (SSSR count). The summed E-state index contributed by atoms with van der Waals surface area (Å²) >= 11 is 0. The van der Waals surface area contributed by atoms with Gasteiger partial charge in [-0.25, -0.2) is 9.97 Å². The van der Waals surface area contributed by atoms with Crippen molar-refractivity contribution in [2.24, 2.45) is 5.92 Å². The number of benzene rings is 2. The Bertz CT molecular complexity index is 980. The molecule has 3 aromatic rings. The first-order valence-corrected chi connectivity index (χ1v) is 9.46. The molecule has 2 aromatic carbocycles. The van der Waals surface area contributed by atoms with E-state index in [1.54, 1.807) is 0 Å². The van der Waals surface area contributed by atoms with Gasteiger partial charge in [0.1, 0.15) is 5.69 Å². The Morgan fingerprint density at radius 2 is 1.70 bits per heavy atom. The summed E-state index contributed by atoms with van der Waals surface area (Å²) in [7, 11) is 0. The van der Waals surface area contributed by atoms with Gasteiger partial charge in [-0.15, -0.1) is 0 Å². The van der Waals surface area contributed by atoms with Crippen LogP contribution in [0.25, 0.3) is 22.5 Å². The average Bonchev–Trinajstić information content (AvgIpc) is 2.67. The molecule has 27 heavy (non-hydrogen) atoms. The molecular formula is C23H23N3O. The number of carbonyl (C=O) groups excluding carboxylic acids is 1. The van der Waals surface area contributed by atoms with E-state index in [0.29, 0.717) is 18.2 Å². The highest BCUT2D eigenvalue weighted by Crippen LogP contribution is 2.35. The van der Waals surface area contributed by atoms with Crippen molar-refractivity contribution < 1.29 is 4.79 Å². The van der Waals surface area contributed by atoms with Gasteiger partial charge in [0.05, 0.1) is 11.4 Å². The molecule has 4 heteroatoms. The molecule has 0 spiro atoms. The Labute approximate surface area is 159 Å². The van der Waals surface area contributed by atoms with E-state index in [2.05, 4.69) is 23.5 Å². The van der Waals surface area contributed by atoms with Crippen LogP contribution < -0.4 is 5.32 Å². The van der Waals surface area contributed by atoms with Crippen molar-refractivity contribution >= 4 is 11.7 Å². The molecular weight excluding hydrogens is 334 g/mol. The predicted octanol–water partition coefficient (Wildman–Crippen LogP) is 4.89. The highest BCUT2D eigenvalue weighted by molar-refractivity contribution is 5.94. The summed E-state index contributed by atoms with van der Waals surface area (Å²) in [5.41, 5.74) is 6.00. The number of aromatic nitrogens is 2. The quantitative estimate of drug-likeness (QED) is 0.723. The molecule has 136 valence electrons. The molecule has 4 nitrogen and oxygen atoms in total. The summed E-state index contributed by atoms with van der Waals surface area (Å²) in [5, 5.41) is 3.00. The molecule has 1 aliphatic carbocycles. The highest BCUT2D eigenvalue weighted by atomic mass is 16.1. The molecule has 1 N–H and O–H groups in total. The van der Waals surface area contributed by atoms with E-state index in [1.807, 2.05) is 50.2 Å². The number of fused-ring (bicyclic) bond motifs is 3. The Morgan fingerprint density at radius 3 is 2.48 bits per heavy atom. The lowest BCUT2D eigenvalue weighted by atomic mass is 9.91. The Hall–Kier alpha value is -3.01. The zero-order chi connectivity index (χ0) is 18.8. The number of hydrogen-bond acceptors (Lipinski definition) is 3. The summed E-state index contributed by atoms with van der Waals surface area (Å²) in [6, 6.07) is 18.3. The Morgan fingerprint density at radius 1 is 0.963 bits per heavy atom. The Kier molecular flexibility index (Phi) is 4.71. The minimum Gasteiger partial charge on any atom is -0.309 e. The third-order valence-electron chi connectivity index (χ3n) is 4.77. The van der Waals surface area contributed by atoms with Crippen LogP contribution in [0.4, 0.5) is 5.82 Å². The van der Waals surface area contributed by atoms with Gasteiger partial charge in [0.2, 0.25) is 5.91 Å². The minimum absolute atomic E-state index is 0.0207. The fraction of sp³-hybridized carbons (Fsp3) is 0.261. The third-order valence-corrected chi connectivity index (χ3v) is 4.77. The zero-order valence-electron chi connectivity index (χ0n) is 15.7.